The van der Waals surface area contributed by atoms with E-state index in [4.69, 9.17) is 0 Å². The predicted octanol–water partition coefficient (Wildman–Crippen LogP) is 1.85. The fourth-order valence-corrected chi connectivity index (χ4v) is 4.49. The zero-order valence-corrected chi connectivity index (χ0v) is 25.1. The van der Waals surface area contributed by atoms with Gasteiger partial charge in [-0.15, -0.1) is 0 Å². The highest BCUT2D eigenvalue weighted by Gasteiger charge is 2.36. The number of anilines is 1. The number of pyridine rings is 1. The second-order valence-electron chi connectivity index (χ2n) is 12.0. The molecule has 0 unspecified atom stereocenters. The highest BCUT2D eigenvalue weighted by Crippen LogP contribution is 2.21. The van der Waals surface area contributed by atoms with Gasteiger partial charge in [0.15, 0.2) is 0 Å². The van der Waals surface area contributed by atoms with Gasteiger partial charge < -0.3 is 26.6 Å². The summed E-state index contributed by atoms with van der Waals surface area (Å²) in [5.41, 5.74) is -0.552. The predicted molar refractivity (Wildman–Crippen MR) is 154 cm³/mol. The van der Waals surface area contributed by atoms with E-state index >= 15 is 0 Å². The van der Waals surface area contributed by atoms with Gasteiger partial charge in [-0.25, -0.2) is 4.98 Å². The second kappa shape index (κ2) is 14.7. The molecule has 1 saturated carbocycles. The Morgan fingerprint density at radius 2 is 1.51 bits per heavy atom. The quantitative estimate of drug-likeness (QED) is 0.251. The van der Waals surface area contributed by atoms with E-state index in [-0.39, 0.29) is 29.2 Å². The van der Waals surface area contributed by atoms with Gasteiger partial charge in [0.25, 0.3) is 11.8 Å². The third kappa shape index (κ3) is 10.3. The van der Waals surface area contributed by atoms with E-state index in [2.05, 4.69) is 31.6 Å². The lowest BCUT2D eigenvalue weighted by Gasteiger charge is -2.31. The van der Waals surface area contributed by atoms with Crippen molar-refractivity contribution in [3.05, 3.63) is 23.9 Å². The van der Waals surface area contributed by atoms with Gasteiger partial charge in [0, 0.05) is 19.2 Å². The average Bonchev–Trinajstić information content (AvgIpc) is 2.89. The summed E-state index contributed by atoms with van der Waals surface area (Å²) in [6.07, 6.45) is 6.04. The number of Topliss-reactive ketones (excluding diaryl/α,β-unsaturated/α-hetero) is 1. The minimum atomic E-state index is -1.06. The molecule has 226 valence electrons. The number of carbonyl (C=O) groups excluding carboxylic acids is 6. The Labute approximate surface area is 241 Å². The van der Waals surface area contributed by atoms with Gasteiger partial charge in [-0.05, 0) is 43.2 Å². The molecule has 0 radical (unpaired) electrons. The topological polar surface area (TPSA) is 175 Å². The number of amides is 5. The molecule has 1 heterocycles. The largest absolute Gasteiger partial charge is 0.347 e. The number of ketones is 1. The molecular weight excluding hydrogens is 528 g/mol. The second-order valence-corrected chi connectivity index (χ2v) is 12.0. The molecule has 0 bridgehead atoms. The van der Waals surface area contributed by atoms with E-state index in [1.54, 1.807) is 34.6 Å². The van der Waals surface area contributed by atoms with Crippen molar-refractivity contribution in [1.29, 1.82) is 0 Å². The number of nitrogens with one attached hydrogen (secondary N) is 5. The van der Waals surface area contributed by atoms with Crippen LogP contribution in [-0.4, -0.2) is 64.5 Å². The molecule has 1 aliphatic rings. The van der Waals surface area contributed by atoms with Crippen LogP contribution in [0.15, 0.2) is 18.3 Å². The highest BCUT2D eigenvalue weighted by molar-refractivity contribution is 6.38. The number of hydrogen-bond acceptors (Lipinski definition) is 7. The molecular formula is C29H44N6O6. The van der Waals surface area contributed by atoms with Crippen molar-refractivity contribution < 1.29 is 28.8 Å². The van der Waals surface area contributed by atoms with Crippen molar-refractivity contribution in [2.45, 2.75) is 105 Å². The molecule has 1 aromatic heterocycles. The first-order chi connectivity index (χ1) is 19.1. The summed E-state index contributed by atoms with van der Waals surface area (Å²) in [6.45, 7) is 11.5. The van der Waals surface area contributed by atoms with E-state index in [0.717, 1.165) is 32.1 Å². The van der Waals surface area contributed by atoms with E-state index in [1.807, 2.05) is 0 Å². The SMILES string of the molecule is CC(=O)Nc1ccc(C(=O)N[C@H](C(=O)N[C@@H](C)C(=O)N[C@H](C(=O)C(=O)NC2CCCCC2)C(C)C)C(C)(C)C)cn1. The Kier molecular flexibility index (Phi) is 12.0. The van der Waals surface area contributed by atoms with E-state index in [1.165, 1.54) is 32.2 Å². The van der Waals surface area contributed by atoms with Crippen LogP contribution in [0.2, 0.25) is 0 Å². The van der Waals surface area contributed by atoms with Crippen LogP contribution >= 0.6 is 0 Å². The zero-order chi connectivity index (χ0) is 30.9. The van der Waals surface area contributed by atoms with Crippen molar-refractivity contribution in [2.75, 3.05) is 5.32 Å². The minimum absolute atomic E-state index is 0.0441. The standard InChI is InChI=1S/C29H44N6O6/c1-16(2)22(23(37)27(40)33-20-11-9-8-10-12-20)34-25(38)17(3)31-28(41)24(29(5,6)7)35-26(39)19-13-14-21(30-15-19)32-18(4)36/h13-17,20,22,24H,8-12H2,1-7H3,(H,31,41)(H,33,40)(H,34,38)(H,35,39)(H,30,32,36)/t17-,22-,24+/m0/s1. The third-order valence-electron chi connectivity index (χ3n) is 6.90. The Bertz CT molecular complexity index is 1120. The zero-order valence-electron chi connectivity index (χ0n) is 25.1. The van der Waals surface area contributed by atoms with Crippen LogP contribution in [0, 0.1) is 11.3 Å². The average molecular weight is 573 g/mol. The fourth-order valence-electron chi connectivity index (χ4n) is 4.49. The molecule has 2 rings (SSSR count). The number of rotatable bonds is 11. The van der Waals surface area contributed by atoms with Gasteiger partial charge in [-0.1, -0.05) is 53.9 Å². The first kappa shape index (κ1) is 33.4. The van der Waals surface area contributed by atoms with Crippen molar-refractivity contribution in [3.8, 4) is 0 Å². The lowest BCUT2D eigenvalue weighted by Crippen LogP contribution is -2.59. The summed E-state index contributed by atoms with van der Waals surface area (Å²) in [4.78, 5) is 79.9. The van der Waals surface area contributed by atoms with Gasteiger partial charge in [0.2, 0.25) is 23.5 Å². The minimum Gasteiger partial charge on any atom is -0.347 e. The molecule has 1 aliphatic carbocycles. The third-order valence-corrected chi connectivity index (χ3v) is 6.90. The Hall–Kier alpha value is -3.83. The van der Waals surface area contributed by atoms with E-state index in [9.17, 15) is 28.8 Å². The van der Waals surface area contributed by atoms with Crippen LogP contribution in [0.3, 0.4) is 0 Å². The summed E-state index contributed by atoms with van der Waals surface area (Å²) in [5, 5.41) is 13.2. The summed E-state index contributed by atoms with van der Waals surface area (Å²) in [5.74, 6) is -3.62. The lowest BCUT2D eigenvalue weighted by molar-refractivity contribution is -0.141. The molecule has 1 aromatic rings. The van der Waals surface area contributed by atoms with E-state index in [0.29, 0.717) is 0 Å². The van der Waals surface area contributed by atoms with Crippen LogP contribution in [0.1, 0.15) is 90.9 Å². The van der Waals surface area contributed by atoms with Gasteiger partial charge >= 0.3 is 0 Å². The summed E-state index contributed by atoms with van der Waals surface area (Å²) in [7, 11) is 0. The van der Waals surface area contributed by atoms with Crippen molar-refractivity contribution >= 4 is 41.1 Å². The molecule has 12 heteroatoms. The number of hydrogen-bond donors (Lipinski definition) is 5. The summed E-state index contributed by atoms with van der Waals surface area (Å²) < 4.78 is 0. The van der Waals surface area contributed by atoms with Crippen molar-refractivity contribution in [2.24, 2.45) is 11.3 Å². The highest BCUT2D eigenvalue weighted by atomic mass is 16.2. The van der Waals surface area contributed by atoms with Gasteiger partial charge in [0.05, 0.1) is 11.6 Å². The van der Waals surface area contributed by atoms with Crippen LogP contribution in [0.4, 0.5) is 5.82 Å². The van der Waals surface area contributed by atoms with Gasteiger partial charge in [0.1, 0.15) is 17.9 Å². The molecule has 0 spiro atoms. The van der Waals surface area contributed by atoms with Crippen LogP contribution in [-0.2, 0) is 24.0 Å². The number of carbonyl (C=O) groups is 6. The maximum Gasteiger partial charge on any atom is 0.289 e. The molecule has 1 fully saturated rings. The van der Waals surface area contributed by atoms with Gasteiger partial charge in [-0.3, -0.25) is 28.8 Å². The molecule has 0 aromatic carbocycles. The van der Waals surface area contributed by atoms with Crippen molar-refractivity contribution in [3.63, 3.8) is 0 Å². The molecule has 5 amide bonds. The van der Waals surface area contributed by atoms with Crippen LogP contribution in [0.5, 0.6) is 0 Å². The number of nitrogens with zero attached hydrogens (tertiary/aromatic N) is 1. The van der Waals surface area contributed by atoms with Gasteiger partial charge in [-0.2, -0.15) is 0 Å². The normalized spacial score (nSPS) is 16.1. The monoisotopic (exact) mass is 572 g/mol. The molecule has 5 N–H and O–H groups in total. The van der Waals surface area contributed by atoms with E-state index < -0.39 is 53.0 Å². The number of aromatic nitrogens is 1. The Balaban J connectivity index is 2.04. The molecule has 12 nitrogen and oxygen atoms in total. The smallest absolute Gasteiger partial charge is 0.289 e. The molecule has 0 aliphatic heterocycles. The fraction of sp³-hybridized carbons (Fsp3) is 0.621. The Morgan fingerprint density at radius 3 is 2.02 bits per heavy atom. The van der Waals surface area contributed by atoms with Crippen LogP contribution in [0.25, 0.3) is 0 Å². The molecule has 3 atom stereocenters. The maximum absolute atomic E-state index is 13.2. The van der Waals surface area contributed by atoms with Crippen molar-refractivity contribution in [1.82, 2.24) is 26.3 Å². The Morgan fingerprint density at radius 1 is 0.878 bits per heavy atom. The first-order valence-corrected chi connectivity index (χ1v) is 14.1. The summed E-state index contributed by atoms with van der Waals surface area (Å²) in [6, 6.07) is -0.248. The summed E-state index contributed by atoms with van der Waals surface area (Å²) >= 11 is 0. The van der Waals surface area contributed by atoms with Crippen LogP contribution < -0.4 is 26.6 Å². The first-order valence-electron chi connectivity index (χ1n) is 14.1. The lowest BCUT2D eigenvalue weighted by atomic mass is 9.85. The maximum atomic E-state index is 13.2. The molecule has 41 heavy (non-hydrogen) atoms. The molecule has 0 saturated heterocycles.